The Bertz CT molecular complexity index is 1200. The number of fused-ring (bicyclic) bond motifs is 1. The fraction of sp³-hybridized carbons (Fsp3) is 0.391. The van der Waals surface area contributed by atoms with Gasteiger partial charge in [-0.1, -0.05) is 30.3 Å². The van der Waals surface area contributed by atoms with Crippen molar-refractivity contribution in [2.75, 3.05) is 32.7 Å². The standard InChI is InChI=1S/C23H27N5O3S/c29-23(20-9-5-11-27(20)17-18-6-2-1-3-7-18)26-12-14-28(15-13-26)32(30,31)21-16-25-22-19(21)8-4-10-24-22/h1-4,6-8,10,16,20H,5,9,11-15,17H2,(H,24,25). The lowest BCUT2D eigenvalue weighted by molar-refractivity contribution is -0.137. The minimum Gasteiger partial charge on any atom is -0.345 e. The summed E-state index contributed by atoms with van der Waals surface area (Å²) in [6.45, 7) is 3.09. The third-order valence-electron chi connectivity index (χ3n) is 6.46. The number of benzene rings is 1. The highest BCUT2D eigenvalue weighted by Gasteiger charge is 2.37. The molecule has 1 unspecified atom stereocenters. The van der Waals surface area contributed by atoms with Crippen molar-refractivity contribution in [3.63, 3.8) is 0 Å². The first kappa shape index (κ1) is 21.1. The number of carbonyl (C=O) groups excluding carboxylic acids is 1. The van der Waals surface area contributed by atoms with E-state index in [4.69, 9.17) is 0 Å². The maximum absolute atomic E-state index is 13.3. The highest BCUT2D eigenvalue weighted by atomic mass is 32.2. The highest BCUT2D eigenvalue weighted by Crippen LogP contribution is 2.26. The number of pyridine rings is 1. The van der Waals surface area contributed by atoms with E-state index in [9.17, 15) is 13.2 Å². The SMILES string of the molecule is O=C(C1CCCN1Cc1ccccc1)N1CCN(S(=O)(=O)c2c[nH]c3ncccc23)CC1. The summed E-state index contributed by atoms with van der Waals surface area (Å²) in [6.07, 6.45) is 4.99. The lowest BCUT2D eigenvalue weighted by Crippen LogP contribution is -2.54. The summed E-state index contributed by atoms with van der Waals surface area (Å²) in [5, 5.41) is 0.591. The van der Waals surface area contributed by atoms with Crippen molar-refractivity contribution in [3.05, 3.63) is 60.4 Å². The predicted molar refractivity (Wildman–Crippen MR) is 121 cm³/mol. The zero-order chi connectivity index (χ0) is 22.1. The number of hydrogen-bond donors (Lipinski definition) is 1. The summed E-state index contributed by atoms with van der Waals surface area (Å²) in [5.41, 5.74) is 1.76. The zero-order valence-electron chi connectivity index (χ0n) is 17.9. The van der Waals surface area contributed by atoms with Crippen molar-refractivity contribution in [3.8, 4) is 0 Å². The number of piperazine rings is 1. The summed E-state index contributed by atoms with van der Waals surface area (Å²) < 4.78 is 27.9. The molecule has 0 aliphatic carbocycles. The van der Waals surface area contributed by atoms with Crippen LogP contribution in [0.1, 0.15) is 18.4 Å². The average molecular weight is 454 g/mol. The van der Waals surface area contributed by atoms with E-state index in [-0.39, 0.29) is 16.8 Å². The second-order valence-corrected chi connectivity index (χ2v) is 10.3. The van der Waals surface area contributed by atoms with Crippen LogP contribution in [0, 0.1) is 0 Å². The van der Waals surface area contributed by atoms with Crippen molar-refractivity contribution in [1.82, 2.24) is 24.1 Å². The van der Waals surface area contributed by atoms with Crippen LogP contribution in [-0.4, -0.2) is 77.2 Å². The number of nitrogens with zero attached hydrogens (tertiary/aromatic N) is 4. The smallest absolute Gasteiger partial charge is 0.245 e. The van der Waals surface area contributed by atoms with Crippen molar-refractivity contribution in [1.29, 1.82) is 0 Å². The third kappa shape index (κ3) is 3.92. The second-order valence-electron chi connectivity index (χ2n) is 8.40. The molecule has 2 aromatic heterocycles. The fourth-order valence-electron chi connectivity index (χ4n) is 4.76. The van der Waals surface area contributed by atoms with E-state index in [1.807, 2.05) is 23.1 Å². The van der Waals surface area contributed by atoms with E-state index < -0.39 is 10.0 Å². The van der Waals surface area contributed by atoms with Crippen molar-refractivity contribution in [2.45, 2.75) is 30.3 Å². The van der Waals surface area contributed by atoms with Crippen molar-refractivity contribution < 1.29 is 13.2 Å². The van der Waals surface area contributed by atoms with E-state index in [1.54, 1.807) is 18.3 Å². The van der Waals surface area contributed by atoms with Gasteiger partial charge in [0.15, 0.2) is 0 Å². The average Bonchev–Trinajstić information content (AvgIpc) is 3.47. The Morgan fingerprint density at radius 3 is 2.59 bits per heavy atom. The van der Waals surface area contributed by atoms with Gasteiger partial charge in [-0.2, -0.15) is 4.31 Å². The van der Waals surface area contributed by atoms with Gasteiger partial charge in [-0.15, -0.1) is 0 Å². The first-order chi connectivity index (χ1) is 15.5. The Labute approximate surface area is 187 Å². The van der Waals surface area contributed by atoms with Crippen LogP contribution >= 0.6 is 0 Å². The molecule has 2 aliphatic heterocycles. The molecule has 0 radical (unpaired) electrons. The first-order valence-corrected chi connectivity index (χ1v) is 12.5. The van der Waals surface area contributed by atoms with Crippen LogP contribution < -0.4 is 0 Å². The third-order valence-corrected chi connectivity index (χ3v) is 8.40. The molecule has 0 saturated carbocycles. The minimum absolute atomic E-state index is 0.117. The van der Waals surface area contributed by atoms with Gasteiger partial charge in [-0.05, 0) is 37.1 Å². The lowest BCUT2D eigenvalue weighted by Gasteiger charge is -2.36. The van der Waals surface area contributed by atoms with Crippen LogP contribution in [0.3, 0.4) is 0 Å². The van der Waals surface area contributed by atoms with Gasteiger partial charge in [-0.25, -0.2) is 13.4 Å². The summed E-state index contributed by atoms with van der Waals surface area (Å²) in [5.74, 6) is 0.117. The molecule has 4 heterocycles. The van der Waals surface area contributed by atoms with E-state index >= 15 is 0 Å². The number of carbonyl (C=O) groups is 1. The molecule has 1 aromatic carbocycles. The molecule has 0 spiro atoms. The summed E-state index contributed by atoms with van der Waals surface area (Å²) in [7, 11) is -3.65. The molecule has 8 nitrogen and oxygen atoms in total. The number of aromatic nitrogens is 2. The molecule has 5 rings (SSSR count). The van der Waals surface area contributed by atoms with Crippen LogP contribution in [0.2, 0.25) is 0 Å². The number of amides is 1. The molecule has 1 amide bonds. The maximum Gasteiger partial charge on any atom is 0.245 e. The molecule has 32 heavy (non-hydrogen) atoms. The highest BCUT2D eigenvalue weighted by molar-refractivity contribution is 7.89. The summed E-state index contributed by atoms with van der Waals surface area (Å²) in [4.78, 5) is 24.7. The number of likely N-dealkylation sites (tertiary alicyclic amines) is 1. The van der Waals surface area contributed by atoms with Crippen LogP contribution in [0.25, 0.3) is 11.0 Å². The molecule has 1 atom stereocenters. The molecular weight excluding hydrogens is 426 g/mol. The quantitative estimate of drug-likeness (QED) is 0.639. The molecule has 2 saturated heterocycles. The van der Waals surface area contributed by atoms with E-state index in [0.29, 0.717) is 37.2 Å². The fourth-order valence-corrected chi connectivity index (χ4v) is 6.33. The molecule has 168 valence electrons. The number of rotatable bonds is 5. The molecule has 0 bridgehead atoms. The monoisotopic (exact) mass is 453 g/mol. The Balaban J connectivity index is 1.24. The van der Waals surface area contributed by atoms with Crippen LogP contribution in [-0.2, 0) is 21.4 Å². The predicted octanol–water partition coefficient (Wildman–Crippen LogP) is 2.06. The number of hydrogen-bond acceptors (Lipinski definition) is 5. The summed E-state index contributed by atoms with van der Waals surface area (Å²) >= 11 is 0. The van der Waals surface area contributed by atoms with Crippen LogP contribution in [0.15, 0.2) is 59.8 Å². The van der Waals surface area contributed by atoms with Crippen molar-refractivity contribution >= 4 is 27.0 Å². The normalized spacial score (nSPS) is 20.8. The van der Waals surface area contributed by atoms with E-state index in [1.165, 1.54) is 16.1 Å². The zero-order valence-corrected chi connectivity index (χ0v) is 18.7. The Morgan fingerprint density at radius 1 is 1.03 bits per heavy atom. The molecule has 2 fully saturated rings. The summed E-state index contributed by atoms with van der Waals surface area (Å²) in [6, 6.07) is 13.6. The lowest BCUT2D eigenvalue weighted by atomic mass is 10.1. The largest absolute Gasteiger partial charge is 0.345 e. The van der Waals surface area contributed by atoms with Gasteiger partial charge in [0.2, 0.25) is 15.9 Å². The van der Waals surface area contributed by atoms with Crippen molar-refractivity contribution in [2.24, 2.45) is 0 Å². The van der Waals surface area contributed by atoms with Gasteiger partial charge < -0.3 is 9.88 Å². The Hall–Kier alpha value is -2.75. The van der Waals surface area contributed by atoms with Crippen LogP contribution in [0.5, 0.6) is 0 Å². The number of sulfonamides is 1. The molecular formula is C23H27N5O3S. The van der Waals surface area contributed by atoms with Gasteiger partial charge in [0.1, 0.15) is 10.5 Å². The topological polar surface area (TPSA) is 89.6 Å². The van der Waals surface area contributed by atoms with Crippen LogP contribution in [0.4, 0.5) is 0 Å². The van der Waals surface area contributed by atoms with Gasteiger partial charge >= 0.3 is 0 Å². The second kappa shape index (κ2) is 8.65. The molecule has 1 N–H and O–H groups in total. The Morgan fingerprint density at radius 2 is 1.81 bits per heavy atom. The number of nitrogens with one attached hydrogen (secondary N) is 1. The molecule has 3 aromatic rings. The maximum atomic E-state index is 13.3. The minimum atomic E-state index is -3.65. The van der Waals surface area contributed by atoms with Gasteiger partial charge in [0.25, 0.3) is 0 Å². The number of aromatic amines is 1. The number of H-pyrrole nitrogens is 1. The van der Waals surface area contributed by atoms with Gasteiger partial charge in [0, 0.05) is 50.5 Å². The van der Waals surface area contributed by atoms with E-state index in [2.05, 4.69) is 27.0 Å². The Kier molecular flexibility index (Phi) is 5.71. The molecule has 2 aliphatic rings. The van der Waals surface area contributed by atoms with Gasteiger partial charge in [0.05, 0.1) is 6.04 Å². The van der Waals surface area contributed by atoms with Gasteiger partial charge in [-0.3, -0.25) is 9.69 Å². The molecule has 9 heteroatoms. The van der Waals surface area contributed by atoms with E-state index in [0.717, 1.165) is 25.9 Å². The first-order valence-electron chi connectivity index (χ1n) is 11.0.